The molecule has 3 aromatic heterocycles. The van der Waals surface area contributed by atoms with Crippen LogP contribution in [0.3, 0.4) is 0 Å². The van der Waals surface area contributed by atoms with Crippen LogP contribution in [0.15, 0.2) is 35.2 Å². The third kappa shape index (κ3) is 2.66. The van der Waals surface area contributed by atoms with Crippen molar-refractivity contribution in [2.75, 3.05) is 14.2 Å². The average Bonchev–Trinajstić information content (AvgIpc) is 3.14. The highest BCUT2D eigenvalue weighted by Crippen LogP contribution is 2.48. The molecule has 1 saturated carbocycles. The Morgan fingerprint density at radius 3 is 2.81 bits per heavy atom. The van der Waals surface area contributed by atoms with Gasteiger partial charge in [-0.3, -0.25) is 4.68 Å². The minimum Gasteiger partial charge on any atom is -0.497 e. The minimum absolute atomic E-state index is 0.430. The van der Waals surface area contributed by atoms with Gasteiger partial charge in [0.1, 0.15) is 23.4 Å². The molecule has 1 aromatic carbocycles. The van der Waals surface area contributed by atoms with E-state index in [1.165, 1.54) is 0 Å². The largest absolute Gasteiger partial charge is 0.497 e. The molecule has 31 heavy (non-hydrogen) atoms. The average molecular weight is 418 g/mol. The van der Waals surface area contributed by atoms with Crippen LogP contribution in [0.2, 0.25) is 0 Å². The zero-order valence-electron chi connectivity index (χ0n) is 17.6. The summed E-state index contributed by atoms with van der Waals surface area (Å²) in [5.41, 5.74) is 5.35. The summed E-state index contributed by atoms with van der Waals surface area (Å²) < 4.78 is 20.7. The van der Waals surface area contributed by atoms with Crippen LogP contribution < -0.4 is 4.74 Å². The Morgan fingerprint density at radius 2 is 2.06 bits per heavy atom. The number of aryl methyl sites for hydroxylation is 1. The lowest BCUT2D eigenvalue weighted by molar-refractivity contribution is 0.0492. The van der Waals surface area contributed by atoms with Gasteiger partial charge in [-0.1, -0.05) is 5.16 Å². The lowest BCUT2D eigenvalue weighted by Gasteiger charge is -2.11. The maximum atomic E-state index is 5.58. The van der Waals surface area contributed by atoms with Crippen molar-refractivity contribution < 1.29 is 14.0 Å². The molecule has 1 aliphatic carbocycles. The number of imidazole rings is 1. The SMILES string of the molecule is CCn1cc2c(n1)-c1cc(OC)ccc1-n1cnc(-c3noc(C4(OC)CC4)n3)c1C2. The van der Waals surface area contributed by atoms with Gasteiger partial charge in [-0.2, -0.15) is 10.1 Å². The van der Waals surface area contributed by atoms with Gasteiger partial charge < -0.3 is 18.6 Å². The first-order valence-corrected chi connectivity index (χ1v) is 10.4. The maximum Gasteiger partial charge on any atom is 0.259 e. The molecule has 0 N–H and O–H groups in total. The molecule has 9 nitrogen and oxygen atoms in total. The van der Waals surface area contributed by atoms with E-state index >= 15 is 0 Å². The topological polar surface area (TPSA) is 93.0 Å². The lowest BCUT2D eigenvalue weighted by atomic mass is 10.0. The number of ether oxygens (including phenoxy) is 2. The van der Waals surface area contributed by atoms with E-state index in [4.69, 9.17) is 19.1 Å². The summed E-state index contributed by atoms with van der Waals surface area (Å²) in [6.07, 6.45) is 6.34. The molecule has 0 unspecified atom stereocenters. The van der Waals surface area contributed by atoms with Crippen molar-refractivity contribution in [2.45, 2.75) is 38.3 Å². The number of fused-ring (bicyclic) bond motifs is 5. The second-order valence-electron chi connectivity index (χ2n) is 7.95. The molecule has 1 fully saturated rings. The summed E-state index contributed by atoms with van der Waals surface area (Å²) in [5.74, 6) is 1.79. The van der Waals surface area contributed by atoms with E-state index in [1.54, 1.807) is 14.2 Å². The first kappa shape index (κ1) is 18.3. The molecule has 0 bridgehead atoms. The first-order valence-electron chi connectivity index (χ1n) is 10.4. The van der Waals surface area contributed by atoms with Crippen molar-refractivity contribution in [3.05, 3.63) is 47.9 Å². The van der Waals surface area contributed by atoms with Crippen LogP contribution in [0.4, 0.5) is 0 Å². The van der Waals surface area contributed by atoms with Crippen LogP contribution in [-0.2, 0) is 23.3 Å². The minimum atomic E-state index is -0.430. The molecule has 1 aliphatic heterocycles. The van der Waals surface area contributed by atoms with Crippen molar-refractivity contribution in [3.63, 3.8) is 0 Å². The zero-order valence-corrected chi connectivity index (χ0v) is 17.6. The highest BCUT2D eigenvalue weighted by molar-refractivity contribution is 5.77. The Hall–Kier alpha value is -3.46. The van der Waals surface area contributed by atoms with Gasteiger partial charge in [0.2, 0.25) is 5.82 Å². The van der Waals surface area contributed by atoms with Gasteiger partial charge in [-0.25, -0.2) is 4.98 Å². The van der Waals surface area contributed by atoms with Crippen molar-refractivity contribution in [1.29, 1.82) is 0 Å². The summed E-state index contributed by atoms with van der Waals surface area (Å²) in [7, 11) is 3.35. The molecule has 158 valence electrons. The maximum absolute atomic E-state index is 5.58. The van der Waals surface area contributed by atoms with Crippen molar-refractivity contribution in [1.82, 2.24) is 29.5 Å². The number of benzene rings is 1. The van der Waals surface area contributed by atoms with Gasteiger partial charge in [0.25, 0.3) is 5.89 Å². The molecule has 6 rings (SSSR count). The summed E-state index contributed by atoms with van der Waals surface area (Å²) in [6.45, 7) is 2.88. The van der Waals surface area contributed by atoms with E-state index in [1.807, 2.05) is 29.2 Å². The van der Waals surface area contributed by atoms with Crippen molar-refractivity contribution in [2.24, 2.45) is 0 Å². The highest BCUT2D eigenvalue weighted by Gasteiger charge is 2.50. The Morgan fingerprint density at radius 1 is 1.19 bits per heavy atom. The Labute approximate surface area is 178 Å². The molecule has 0 radical (unpaired) electrons. The van der Waals surface area contributed by atoms with Crippen LogP contribution >= 0.6 is 0 Å². The standard InChI is InChI=1S/C22H22N6O3/c1-4-27-11-13-9-17-19(20-24-21(31-26-20)22(30-3)7-8-22)23-12-28(17)16-6-5-14(29-2)10-15(16)18(13)25-27/h5-6,10-12H,4,7-9H2,1-3H3. The fourth-order valence-electron chi connectivity index (χ4n) is 4.26. The zero-order chi connectivity index (χ0) is 21.2. The summed E-state index contributed by atoms with van der Waals surface area (Å²) in [4.78, 5) is 9.31. The Kier molecular flexibility index (Phi) is 3.85. The summed E-state index contributed by atoms with van der Waals surface area (Å²) in [5, 5.41) is 9.06. The molecule has 0 atom stereocenters. The van der Waals surface area contributed by atoms with E-state index in [2.05, 4.69) is 32.8 Å². The highest BCUT2D eigenvalue weighted by atomic mass is 16.5. The summed E-state index contributed by atoms with van der Waals surface area (Å²) >= 11 is 0. The number of nitrogens with zero attached hydrogens (tertiary/aromatic N) is 6. The predicted molar refractivity (Wildman–Crippen MR) is 111 cm³/mol. The molecule has 9 heteroatoms. The van der Waals surface area contributed by atoms with Gasteiger partial charge in [-0.05, 0) is 38.0 Å². The monoisotopic (exact) mass is 418 g/mol. The quantitative estimate of drug-likeness (QED) is 0.432. The number of hydrogen-bond donors (Lipinski definition) is 0. The number of methoxy groups -OCH3 is 2. The second-order valence-corrected chi connectivity index (χ2v) is 7.95. The third-order valence-electron chi connectivity index (χ3n) is 6.23. The van der Waals surface area contributed by atoms with E-state index in [0.717, 1.165) is 53.3 Å². The summed E-state index contributed by atoms with van der Waals surface area (Å²) in [6, 6.07) is 6.01. The normalized spacial score (nSPS) is 15.7. The smallest absolute Gasteiger partial charge is 0.259 e. The lowest BCUT2D eigenvalue weighted by Crippen LogP contribution is -2.09. The van der Waals surface area contributed by atoms with Crippen molar-refractivity contribution in [3.8, 4) is 34.2 Å². The van der Waals surface area contributed by atoms with E-state index in [0.29, 0.717) is 23.8 Å². The molecule has 2 aliphatic rings. The van der Waals surface area contributed by atoms with Gasteiger partial charge in [0.15, 0.2) is 0 Å². The van der Waals surface area contributed by atoms with Crippen LogP contribution in [0, 0.1) is 0 Å². The third-order valence-corrected chi connectivity index (χ3v) is 6.23. The van der Waals surface area contributed by atoms with E-state index in [-0.39, 0.29) is 0 Å². The molecule has 0 saturated heterocycles. The molecular weight excluding hydrogens is 396 g/mol. The second kappa shape index (κ2) is 6.52. The molecule has 0 spiro atoms. The van der Waals surface area contributed by atoms with Crippen molar-refractivity contribution >= 4 is 0 Å². The Bertz CT molecular complexity index is 1300. The number of hydrogen-bond acceptors (Lipinski definition) is 7. The molecule has 0 amide bonds. The number of aromatic nitrogens is 6. The van der Waals surface area contributed by atoms with Gasteiger partial charge in [-0.15, -0.1) is 0 Å². The van der Waals surface area contributed by atoms with E-state index < -0.39 is 5.60 Å². The first-order chi connectivity index (χ1) is 15.2. The van der Waals surface area contributed by atoms with Gasteiger partial charge >= 0.3 is 0 Å². The van der Waals surface area contributed by atoms with E-state index in [9.17, 15) is 0 Å². The van der Waals surface area contributed by atoms with Gasteiger partial charge in [0.05, 0.1) is 24.2 Å². The van der Waals surface area contributed by atoms with Crippen LogP contribution in [-0.4, -0.2) is 43.7 Å². The predicted octanol–water partition coefficient (Wildman–Crippen LogP) is 3.35. The fourth-order valence-corrected chi connectivity index (χ4v) is 4.26. The molecule has 4 aromatic rings. The Balaban J connectivity index is 1.52. The van der Waals surface area contributed by atoms with Crippen LogP contribution in [0.25, 0.3) is 28.5 Å². The molecule has 4 heterocycles. The van der Waals surface area contributed by atoms with Crippen LogP contribution in [0.5, 0.6) is 5.75 Å². The van der Waals surface area contributed by atoms with Gasteiger partial charge in [0, 0.05) is 37.4 Å². The van der Waals surface area contributed by atoms with Crippen LogP contribution in [0.1, 0.15) is 36.9 Å². The number of rotatable bonds is 5. The fraction of sp³-hybridized carbons (Fsp3) is 0.364. The molecular formula is C22H22N6O3.